The number of pyridine rings is 1. The molecular weight excluding hydrogens is 310 g/mol. The maximum atomic E-state index is 10.6. The second-order valence-electron chi connectivity index (χ2n) is 6.31. The number of rotatable bonds is 5. The number of nitrogens with zero attached hydrogens (tertiary/aromatic N) is 3. The molecule has 1 heterocycles. The third kappa shape index (κ3) is 5.20. The molecule has 0 aliphatic carbocycles. The first-order valence-corrected chi connectivity index (χ1v) is 7.45. The molecule has 2 aromatic rings. The summed E-state index contributed by atoms with van der Waals surface area (Å²) in [6, 6.07) is 10.1. The van der Waals surface area contributed by atoms with Crippen molar-refractivity contribution in [3.05, 3.63) is 47.2 Å². The van der Waals surface area contributed by atoms with Crippen molar-refractivity contribution in [1.82, 2.24) is 14.8 Å². The third-order valence-corrected chi connectivity index (χ3v) is 3.41. The van der Waals surface area contributed by atoms with Crippen LogP contribution in [0.3, 0.4) is 0 Å². The van der Waals surface area contributed by atoms with Crippen LogP contribution in [0.25, 0.3) is 11.3 Å². The van der Waals surface area contributed by atoms with Gasteiger partial charge in [-0.3, -0.25) is 0 Å². The van der Waals surface area contributed by atoms with Crippen LogP contribution in [0.4, 0.5) is 0 Å². The number of hydrogen-bond donors (Lipinski definition) is 1. The maximum absolute atomic E-state index is 10.6. The molecule has 126 valence electrons. The minimum Gasteiger partial charge on any atom is -1.00 e. The van der Waals surface area contributed by atoms with Crippen LogP contribution in [-0.4, -0.2) is 48.1 Å². The van der Waals surface area contributed by atoms with Gasteiger partial charge in [-0.1, -0.05) is 29.8 Å². The average molecular weight is 335 g/mol. The van der Waals surface area contributed by atoms with Gasteiger partial charge in [0.1, 0.15) is 11.4 Å². The molecular formula is C18H25ClN3O-. The van der Waals surface area contributed by atoms with Gasteiger partial charge in [0.15, 0.2) is 0 Å². The number of halogens is 1. The van der Waals surface area contributed by atoms with Gasteiger partial charge in [0, 0.05) is 24.2 Å². The van der Waals surface area contributed by atoms with E-state index in [1.54, 1.807) is 0 Å². The highest BCUT2D eigenvalue weighted by Gasteiger charge is 2.14. The Kier molecular flexibility index (Phi) is 7.01. The van der Waals surface area contributed by atoms with Crippen LogP contribution in [0.15, 0.2) is 30.3 Å². The topological polar surface area (TPSA) is 39.6 Å². The van der Waals surface area contributed by atoms with E-state index in [0.717, 1.165) is 23.4 Å². The van der Waals surface area contributed by atoms with Gasteiger partial charge in [0.25, 0.3) is 0 Å². The molecule has 0 saturated carbocycles. The Bertz CT molecular complexity index is 639. The zero-order valence-electron chi connectivity index (χ0n) is 14.5. The van der Waals surface area contributed by atoms with Crippen LogP contribution in [0.5, 0.6) is 5.75 Å². The van der Waals surface area contributed by atoms with E-state index in [1.165, 1.54) is 5.56 Å². The minimum atomic E-state index is 0. The quantitative estimate of drug-likeness (QED) is 0.828. The Morgan fingerprint density at radius 3 is 2.04 bits per heavy atom. The summed E-state index contributed by atoms with van der Waals surface area (Å²) < 4.78 is 0. The molecule has 0 bridgehead atoms. The van der Waals surface area contributed by atoms with Gasteiger partial charge >= 0.3 is 0 Å². The number of benzene rings is 1. The van der Waals surface area contributed by atoms with Crippen molar-refractivity contribution in [3.63, 3.8) is 0 Å². The van der Waals surface area contributed by atoms with Crippen molar-refractivity contribution >= 4 is 0 Å². The Morgan fingerprint density at radius 1 is 0.957 bits per heavy atom. The van der Waals surface area contributed by atoms with Crippen LogP contribution in [-0.2, 0) is 13.1 Å². The van der Waals surface area contributed by atoms with Gasteiger partial charge in [0.2, 0.25) is 0 Å². The molecule has 0 unspecified atom stereocenters. The summed E-state index contributed by atoms with van der Waals surface area (Å²) in [5.74, 6) is 0.278. The lowest BCUT2D eigenvalue weighted by molar-refractivity contribution is -0.00000589. The maximum Gasteiger partial charge on any atom is 0.146 e. The average Bonchev–Trinajstić information content (AvgIpc) is 2.42. The highest BCUT2D eigenvalue weighted by molar-refractivity contribution is 5.68. The van der Waals surface area contributed by atoms with E-state index in [4.69, 9.17) is 0 Å². The lowest BCUT2D eigenvalue weighted by Crippen LogP contribution is -3.00. The fourth-order valence-electron chi connectivity index (χ4n) is 2.43. The Balaban J connectivity index is 0.00000264. The molecule has 1 aromatic carbocycles. The van der Waals surface area contributed by atoms with Crippen LogP contribution < -0.4 is 12.4 Å². The monoisotopic (exact) mass is 334 g/mol. The van der Waals surface area contributed by atoms with E-state index in [9.17, 15) is 5.11 Å². The summed E-state index contributed by atoms with van der Waals surface area (Å²) in [4.78, 5) is 8.80. The third-order valence-electron chi connectivity index (χ3n) is 3.41. The normalized spacial score (nSPS) is 10.9. The molecule has 1 N–H and O–H groups in total. The molecule has 0 radical (unpaired) electrons. The first-order valence-electron chi connectivity index (χ1n) is 7.45. The van der Waals surface area contributed by atoms with Crippen molar-refractivity contribution in [3.8, 4) is 17.0 Å². The fraction of sp³-hybridized carbons (Fsp3) is 0.389. The summed E-state index contributed by atoms with van der Waals surface area (Å²) in [5, 5.41) is 10.6. The molecule has 2 rings (SSSR count). The van der Waals surface area contributed by atoms with E-state index in [1.807, 2.05) is 63.4 Å². The van der Waals surface area contributed by atoms with E-state index >= 15 is 0 Å². The predicted octanol–water partition coefficient (Wildman–Crippen LogP) is -0.110. The van der Waals surface area contributed by atoms with Crippen LogP contribution in [0.1, 0.15) is 16.8 Å². The van der Waals surface area contributed by atoms with E-state index < -0.39 is 0 Å². The van der Waals surface area contributed by atoms with Gasteiger partial charge in [-0.15, -0.1) is 0 Å². The van der Waals surface area contributed by atoms with Crippen molar-refractivity contribution in [1.29, 1.82) is 0 Å². The molecule has 0 saturated heterocycles. The largest absolute Gasteiger partial charge is 1.00 e. The Hall–Kier alpha value is -1.62. The first kappa shape index (κ1) is 19.4. The summed E-state index contributed by atoms with van der Waals surface area (Å²) in [6.07, 6.45) is 0. The molecule has 0 aliphatic rings. The smallest absolute Gasteiger partial charge is 0.146 e. The van der Waals surface area contributed by atoms with Gasteiger partial charge in [-0.05, 0) is 41.2 Å². The molecule has 5 heteroatoms. The van der Waals surface area contributed by atoms with E-state index in [-0.39, 0.29) is 18.2 Å². The summed E-state index contributed by atoms with van der Waals surface area (Å²) >= 11 is 0. The molecule has 0 spiro atoms. The van der Waals surface area contributed by atoms with Crippen molar-refractivity contribution in [2.75, 3.05) is 28.2 Å². The molecule has 0 aliphatic heterocycles. The van der Waals surface area contributed by atoms with E-state index in [0.29, 0.717) is 12.2 Å². The summed E-state index contributed by atoms with van der Waals surface area (Å²) in [5.41, 5.74) is 4.68. The highest BCUT2D eigenvalue weighted by Crippen LogP contribution is 2.32. The minimum absolute atomic E-state index is 0. The van der Waals surface area contributed by atoms with Gasteiger partial charge in [-0.25, -0.2) is 4.98 Å². The number of aromatic hydroxyl groups is 1. The number of aryl methyl sites for hydroxylation is 1. The number of hydrogen-bond acceptors (Lipinski definition) is 4. The second kappa shape index (κ2) is 8.29. The SMILES string of the molecule is Cc1ccc(-c2nc(CN(C)C)cc(CN(C)C)c2O)cc1.[Cl-]. The van der Waals surface area contributed by atoms with Crippen LogP contribution in [0, 0.1) is 6.92 Å². The number of aromatic nitrogens is 1. The molecule has 0 atom stereocenters. The zero-order valence-corrected chi connectivity index (χ0v) is 15.2. The predicted molar refractivity (Wildman–Crippen MR) is 90.9 cm³/mol. The fourth-order valence-corrected chi connectivity index (χ4v) is 2.43. The first-order chi connectivity index (χ1) is 10.4. The van der Waals surface area contributed by atoms with Crippen LogP contribution >= 0.6 is 0 Å². The zero-order chi connectivity index (χ0) is 16.3. The summed E-state index contributed by atoms with van der Waals surface area (Å²) in [6.45, 7) is 3.49. The molecule has 4 nitrogen and oxygen atoms in total. The van der Waals surface area contributed by atoms with Gasteiger partial charge in [-0.2, -0.15) is 0 Å². The molecule has 1 aromatic heterocycles. The summed E-state index contributed by atoms with van der Waals surface area (Å²) in [7, 11) is 8.03. The molecule has 0 amide bonds. The highest BCUT2D eigenvalue weighted by atomic mass is 35.5. The second-order valence-corrected chi connectivity index (χ2v) is 6.31. The molecule has 23 heavy (non-hydrogen) atoms. The Morgan fingerprint density at radius 2 is 1.52 bits per heavy atom. The Labute approximate surface area is 145 Å². The lowest BCUT2D eigenvalue weighted by Gasteiger charge is -2.17. The van der Waals surface area contributed by atoms with E-state index in [2.05, 4.69) is 16.8 Å². The standard InChI is InChI=1S/C18H25N3O.ClH/c1-13-6-8-14(9-7-13)17-18(22)15(11-20(2)3)10-16(19-17)12-21(4)5;/h6-10,22H,11-12H2,1-5H3;1H/p-1. The van der Waals surface area contributed by atoms with Crippen LogP contribution in [0.2, 0.25) is 0 Å². The van der Waals surface area contributed by atoms with Crippen molar-refractivity contribution in [2.24, 2.45) is 0 Å². The lowest BCUT2D eigenvalue weighted by atomic mass is 10.0. The molecule has 0 fully saturated rings. The van der Waals surface area contributed by atoms with Crippen molar-refractivity contribution in [2.45, 2.75) is 20.0 Å². The van der Waals surface area contributed by atoms with Crippen molar-refractivity contribution < 1.29 is 17.5 Å². The van der Waals surface area contributed by atoms with Gasteiger partial charge in [0.05, 0.1) is 5.69 Å². The van der Waals surface area contributed by atoms with Gasteiger partial charge < -0.3 is 27.3 Å².